The molecule has 0 aliphatic carbocycles. The maximum atomic E-state index is 11.4. The van der Waals surface area contributed by atoms with Gasteiger partial charge in [-0.1, -0.05) is 13.3 Å². The van der Waals surface area contributed by atoms with Gasteiger partial charge in [-0.15, -0.1) is 0 Å². The Morgan fingerprint density at radius 1 is 1.00 bits per heavy atom. The Kier molecular flexibility index (Phi) is 5.22. The Bertz CT molecular complexity index is 293. The van der Waals surface area contributed by atoms with E-state index in [0.717, 1.165) is 45.4 Å². The second kappa shape index (κ2) is 6.71. The van der Waals surface area contributed by atoms with E-state index in [1.807, 2.05) is 6.92 Å². The number of likely N-dealkylation sites (tertiary alicyclic amines) is 2. The zero-order valence-electron chi connectivity index (χ0n) is 12.2. The first kappa shape index (κ1) is 14.8. The van der Waals surface area contributed by atoms with Gasteiger partial charge < -0.3 is 14.9 Å². The summed E-state index contributed by atoms with van der Waals surface area (Å²) in [5, 5.41) is 9.38. The fourth-order valence-corrected chi connectivity index (χ4v) is 3.39. The van der Waals surface area contributed by atoms with Crippen LogP contribution in [0.25, 0.3) is 0 Å². The Morgan fingerprint density at radius 2 is 1.53 bits per heavy atom. The molecule has 2 aliphatic rings. The van der Waals surface area contributed by atoms with Crippen LogP contribution in [0.5, 0.6) is 0 Å². The van der Waals surface area contributed by atoms with Crippen molar-refractivity contribution >= 4 is 5.97 Å². The molecule has 0 saturated carbocycles. The first-order valence-corrected chi connectivity index (χ1v) is 7.84. The molecule has 2 fully saturated rings. The molecule has 4 nitrogen and oxygen atoms in total. The molecule has 2 saturated heterocycles. The maximum Gasteiger partial charge on any atom is 0.309 e. The number of carboxylic acids is 1. The Hall–Kier alpha value is -0.610. The van der Waals surface area contributed by atoms with Crippen molar-refractivity contribution in [1.29, 1.82) is 0 Å². The van der Waals surface area contributed by atoms with Crippen molar-refractivity contribution in [2.45, 2.75) is 45.4 Å². The Morgan fingerprint density at radius 3 is 2.00 bits per heavy atom. The molecule has 0 atom stereocenters. The summed E-state index contributed by atoms with van der Waals surface area (Å²) in [4.78, 5) is 16.4. The van der Waals surface area contributed by atoms with Crippen molar-refractivity contribution in [2.75, 3.05) is 39.3 Å². The molecule has 0 aromatic carbocycles. The van der Waals surface area contributed by atoms with Gasteiger partial charge in [0.25, 0.3) is 0 Å². The molecule has 0 bridgehead atoms. The normalized spacial score (nSPS) is 25.3. The summed E-state index contributed by atoms with van der Waals surface area (Å²) < 4.78 is 0. The van der Waals surface area contributed by atoms with Gasteiger partial charge in [-0.25, -0.2) is 0 Å². The monoisotopic (exact) mass is 268 g/mol. The molecule has 0 aromatic rings. The fraction of sp³-hybridized carbons (Fsp3) is 0.933. The van der Waals surface area contributed by atoms with E-state index in [1.165, 1.54) is 32.4 Å². The number of aliphatic carboxylic acids is 1. The lowest BCUT2D eigenvalue weighted by Crippen LogP contribution is -2.46. The van der Waals surface area contributed by atoms with E-state index in [9.17, 15) is 9.90 Å². The van der Waals surface area contributed by atoms with Gasteiger partial charge in [-0.05, 0) is 58.3 Å². The summed E-state index contributed by atoms with van der Waals surface area (Å²) in [7, 11) is 0. The number of nitrogens with zero attached hydrogens (tertiary/aromatic N) is 2. The molecule has 4 heteroatoms. The Labute approximate surface area is 116 Å². The highest BCUT2D eigenvalue weighted by Gasteiger charge is 2.39. The van der Waals surface area contributed by atoms with Crippen molar-refractivity contribution in [3.05, 3.63) is 0 Å². The van der Waals surface area contributed by atoms with E-state index in [0.29, 0.717) is 0 Å². The summed E-state index contributed by atoms with van der Waals surface area (Å²) in [5.41, 5.74) is -0.443. The number of hydrogen-bond donors (Lipinski definition) is 1. The molecular weight excluding hydrogens is 240 g/mol. The number of rotatable bonds is 5. The first-order valence-electron chi connectivity index (χ1n) is 7.84. The van der Waals surface area contributed by atoms with E-state index in [4.69, 9.17) is 0 Å². The largest absolute Gasteiger partial charge is 0.481 e. The first-order chi connectivity index (χ1) is 9.16. The van der Waals surface area contributed by atoms with Gasteiger partial charge in [-0.2, -0.15) is 0 Å². The quantitative estimate of drug-likeness (QED) is 0.829. The minimum absolute atomic E-state index is 0.443. The summed E-state index contributed by atoms with van der Waals surface area (Å²) in [6, 6.07) is 0. The van der Waals surface area contributed by atoms with Gasteiger partial charge in [0.2, 0.25) is 0 Å². The summed E-state index contributed by atoms with van der Waals surface area (Å²) in [6.07, 6.45) is 6.48. The number of carbonyl (C=O) groups is 1. The van der Waals surface area contributed by atoms with E-state index in [1.54, 1.807) is 0 Å². The van der Waals surface area contributed by atoms with Crippen LogP contribution in [-0.2, 0) is 4.79 Å². The topological polar surface area (TPSA) is 43.8 Å². The number of piperidine rings is 2. The highest BCUT2D eigenvalue weighted by molar-refractivity contribution is 5.74. The predicted octanol–water partition coefficient (Wildman–Crippen LogP) is 2.05. The molecule has 19 heavy (non-hydrogen) atoms. The third kappa shape index (κ3) is 3.69. The van der Waals surface area contributed by atoms with Crippen LogP contribution in [-0.4, -0.2) is 60.1 Å². The van der Waals surface area contributed by atoms with Gasteiger partial charge in [0.1, 0.15) is 0 Å². The van der Waals surface area contributed by atoms with Gasteiger partial charge in [0.15, 0.2) is 0 Å². The lowest BCUT2D eigenvalue weighted by molar-refractivity contribution is -0.152. The summed E-state index contributed by atoms with van der Waals surface area (Å²) in [5.74, 6) is -0.592. The molecule has 2 rings (SSSR count). The van der Waals surface area contributed by atoms with Gasteiger partial charge in [0.05, 0.1) is 5.41 Å². The minimum Gasteiger partial charge on any atom is -0.481 e. The third-order valence-electron chi connectivity index (χ3n) is 5.12. The molecule has 0 amide bonds. The number of carboxylic acid groups (broad SMARTS) is 1. The van der Waals surface area contributed by atoms with Crippen molar-refractivity contribution in [3.8, 4) is 0 Å². The van der Waals surface area contributed by atoms with Crippen molar-refractivity contribution in [1.82, 2.24) is 9.80 Å². The van der Waals surface area contributed by atoms with Crippen LogP contribution in [0.4, 0.5) is 0 Å². The minimum atomic E-state index is -0.592. The molecule has 0 unspecified atom stereocenters. The van der Waals surface area contributed by atoms with E-state index in [2.05, 4.69) is 9.80 Å². The maximum absolute atomic E-state index is 11.4. The van der Waals surface area contributed by atoms with Gasteiger partial charge >= 0.3 is 5.97 Å². The van der Waals surface area contributed by atoms with Crippen LogP contribution in [0.2, 0.25) is 0 Å². The summed E-state index contributed by atoms with van der Waals surface area (Å²) in [6.45, 7) is 8.69. The van der Waals surface area contributed by atoms with Crippen LogP contribution in [0.15, 0.2) is 0 Å². The highest BCUT2D eigenvalue weighted by atomic mass is 16.4. The second-order valence-corrected chi connectivity index (χ2v) is 6.18. The molecule has 0 radical (unpaired) electrons. The van der Waals surface area contributed by atoms with Crippen molar-refractivity contribution in [2.24, 2.45) is 5.41 Å². The standard InChI is InChI=1S/C15H28N2O2/c1-2-15(14(18)19)6-10-17(11-7-15)13-12-16-8-4-3-5-9-16/h2-13H2,1H3,(H,18,19). The van der Waals surface area contributed by atoms with Crippen LogP contribution >= 0.6 is 0 Å². The molecule has 110 valence electrons. The van der Waals surface area contributed by atoms with E-state index in [-0.39, 0.29) is 0 Å². The van der Waals surface area contributed by atoms with Gasteiger partial charge in [-0.3, -0.25) is 4.79 Å². The van der Waals surface area contributed by atoms with Crippen LogP contribution in [0, 0.1) is 5.41 Å². The number of hydrogen-bond acceptors (Lipinski definition) is 3. The average Bonchev–Trinajstić information content (AvgIpc) is 2.46. The van der Waals surface area contributed by atoms with E-state index >= 15 is 0 Å². The highest BCUT2D eigenvalue weighted by Crippen LogP contribution is 2.34. The van der Waals surface area contributed by atoms with E-state index < -0.39 is 11.4 Å². The average molecular weight is 268 g/mol. The fourth-order valence-electron chi connectivity index (χ4n) is 3.39. The smallest absolute Gasteiger partial charge is 0.309 e. The predicted molar refractivity (Wildman–Crippen MR) is 76.3 cm³/mol. The molecule has 2 aliphatic heterocycles. The lowest BCUT2D eigenvalue weighted by atomic mass is 9.76. The molecule has 1 N–H and O–H groups in total. The lowest BCUT2D eigenvalue weighted by Gasteiger charge is -2.39. The van der Waals surface area contributed by atoms with Crippen LogP contribution in [0.1, 0.15) is 45.4 Å². The summed E-state index contributed by atoms with van der Waals surface area (Å²) >= 11 is 0. The molecule has 0 spiro atoms. The molecule has 0 aromatic heterocycles. The zero-order chi connectivity index (χ0) is 13.7. The molecular formula is C15H28N2O2. The third-order valence-corrected chi connectivity index (χ3v) is 5.12. The van der Waals surface area contributed by atoms with Crippen molar-refractivity contribution < 1.29 is 9.90 Å². The van der Waals surface area contributed by atoms with Crippen LogP contribution in [0.3, 0.4) is 0 Å². The Balaban J connectivity index is 1.72. The van der Waals surface area contributed by atoms with Gasteiger partial charge in [0, 0.05) is 13.1 Å². The zero-order valence-corrected chi connectivity index (χ0v) is 12.2. The molecule has 2 heterocycles. The second-order valence-electron chi connectivity index (χ2n) is 6.18. The SMILES string of the molecule is CCC1(C(=O)O)CCN(CCN2CCCCC2)CC1. The van der Waals surface area contributed by atoms with Crippen molar-refractivity contribution in [3.63, 3.8) is 0 Å². The van der Waals surface area contributed by atoms with Crippen LogP contribution < -0.4 is 0 Å².